The Morgan fingerprint density at radius 1 is 1.35 bits per heavy atom. The summed E-state index contributed by atoms with van der Waals surface area (Å²) in [5, 5.41) is 17.5. The number of benzene rings is 1. The average Bonchev–Trinajstić information content (AvgIpc) is 2.89. The van der Waals surface area contributed by atoms with Gasteiger partial charge in [0.05, 0.1) is 24.2 Å². The van der Waals surface area contributed by atoms with Crippen molar-refractivity contribution in [2.45, 2.75) is 12.3 Å². The lowest BCUT2D eigenvalue weighted by atomic mass is 9.88. The lowest BCUT2D eigenvalue weighted by molar-refractivity contribution is 0.207. The topological polar surface area (TPSA) is 77.0 Å². The van der Waals surface area contributed by atoms with Gasteiger partial charge in [0.15, 0.2) is 0 Å². The second-order valence-electron chi connectivity index (χ2n) is 4.31. The second-order valence-corrected chi connectivity index (χ2v) is 4.31. The highest BCUT2D eigenvalue weighted by Crippen LogP contribution is 2.20. The summed E-state index contributed by atoms with van der Waals surface area (Å²) >= 11 is 0. The Kier molecular flexibility index (Phi) is 3.21. The molecule has 5 nitrogen and oxygen atoms in total. The lowest BCUT2D eigenvalue weighted by Gasteiger charge is -2.21. The number of aliphatic hydroxyl groups excluding tert-OH is 1. The highest BCUT2D eigenvalue weighted by molar-refractivity contribution is 5.30. The van der Waals surface area contributed by atoms with Gasteiger partial charge >= 0.3 is 0 Å². The molecule has 1 unspecified atom stereocenters. The zero-order valence-corrected chi connectivity index (χ0v) is 9.74. The van der Waals surface area contributed by atoms with E-state index in [2.05, 4.69) is 10.3 Å². The molecule has 0 bridgehead atoms. The van der Waals surface area contributed by atoms with E-state index < -0.39 is 5.41 Å². The van der Waals surface area contributed by atoms with Crippen LogP contribution in [0.2, 0.25) is 0 Å². The standard InChI is InChI=1S/C12H16N4O/c1-12(8-13,9-17)11-7-16(15-14-11)10-5-3-2-4-6-10/h2-7,17H,8-9,13H2,1H3. The summed E-state index contributed by atoms with van der Waals surface area (Å²) in [5.41, 5.74) is 6.76. The van der Waals surface area contributed by atoms with Crippen LogP contribution >= 0.6 is 0 Å². The largest absolute Gasteiger partial charge is 0.395 e. The van der Waals surface area contributed by atoms with E-state index in [1.165, 1.54) is 0 Å². The van der Waals surface area contributed by atoms with Crippen LogP contribution in [-0.4, -0.2) is 33.3 Å². The van der Waals surface area contributed by atoms with Crippen molar-refractivity contribution in [3.8, 4) is 5.69 Å². The minimum atomic E-state index is -0.535. The van der Waals surface area contributed by atoms with E-state index in [-0.39, 0.29) is 6.61 Å². The molecule has 0 aliphatic rings. The number of hydrogen-bond acceptors (Lipinski definition) is 4. The van der Waals surface area contributed by atoms with E-state index in [1.54, 1.807) is 10.9 Å². The van der Waals surface area contributed by atoms with E-state index >= 15 is 0 Å². The first-order chi connectivity index (χ1) is 8.19. The molecule has 0 aliphatic heterocycles. The molecule has 0 fully saturated rings. The van der Waals surface area contributed by atoms with Crippen molar-refractivity contribution in [3.05, 3.63) is 42.2 Å². The fraction of sp³-hybridized carbons (Fsp3) is 0.333. The molecule has 90 valence electrons. The van der Waals surface area contributed by atoms with Crippen molar-refractivity contribution >= 4 is 0 Å². The van der Waals surface area contributed by atoms with E-state index in [1.807, 2.05) is 37.3 Å². The van der Waals surface area contributed by atoms with Crippen LogP contribution < -0.4 is 5.73 Å². The second kappa shape index (κ2) is 4.65. The van der Waals surface area contributed by atoms with Crippen LogP contribution in [0.5, 0.6) is 0 Å². The number of para-hydroxylation sites is 1. The van der Waals surface area contributed by atoms with Gasteiger partial charge in [-0.05, 0) is 12.1 Å². The summed E-state index contributed by atoms with van der Waals surface area (Å²) in [7, 11) is 0. The Bertz CT molecular complexity index is 476. The summed E-state index contributed by atoms with van der Waals surface area (Å²) < 4.78 is 1.68. The average molecular weight is 232 g/mol. The zero-order valence-electron chi connectivity index (χ0n) is 9.74. The van der Waals surface area contributed by atoms with Crippen molar-refractivity contribution in [2.24, 2.45) is 5.73 Å². The molecular weight excluding hydrogens is 216 g/mol. The summed E-state index contributed by atoms with van der Waals surface area (Å²) in [6, 6.07) is 9.70. The van der Waals surface area contributed by atoms with E-state index in [9.17, 15) is 5.11 Å². The van der Waals surface area contributed by atoms with E-state index in [4.69, 9.17) is 5.73 Å². The van der Waals surface area contributed by atoms with Gasteiger partial charge in [-0.25, -0.2) is 4.68 Å². The number of nitrogens with two attached hydrogens (primary N) is 1. The smallest absolute Gasteiger partial charge is 0.0926 e. The minimum Gasteiger partial charge on any atom is -0.395 e. The fourth-order valence-electron chi connectivity index (χ4n) is 1.50. The molecule has 0 radical (unpaired) electrons. The first-order valence-electron chi connectivity index (χ1n) is 5.49. The van der Waals surface area contributed by atoms with Gasteiger partial charge in [0.25, 0.3) is 0 Å². The lowest BCUT2D eigenvalue weighted by Crippen LogP contribution is -2.36. The monoisotopic (exact) mass is 232 g/mol. The number of aliphatic hydroxyl groups is 1. The SMILES string of the molecule is CC(CN)(CO)c1cn(-c2ccccc2)nn1. The van der Waals surface area contributed by atoms with Crippen LogP contribution in [0.3, 0.4) is 0 Å². The third-order valence-electron chi connectivity index (χ3n) is 2.93. The first-order valence-corrected chi connectivity index (χ1v) is 5.49. The van der Waals surface area contributed by atoms with Crippen molar-refractivity contribution < 1.29 is 5.11 Å². The molecular formula is C12H16N4O. The maximum absolute atomic E-state index is 9.36. The van der Waals surface area contributed by atoms with Crippen LogP contribution in [0.4, 0.5) is 0 Å². The Morgan fingerprint density at radius 3 is 2.65 bits per heavy atom. The molecule has 3 N–H and O–H groups in total. The first kappa shape index (κ1) is 11.8. The molecule has 0 amide bonds. The molecule has 0 spiro atoms. The minimum absolute atomic E-state index is 0.0447. The molecule has 2 aromatic rings. The van der Waals surface area contributed by atoms with Gasteiger partial charge in [-0.1, -0.05) is 30.3 Å². The number of rotatable bonds is 4. The van der Waals surface area contributed by atoms with Gasteiger partial charge in [0.1, 0.15) is 0 Å². The summed E-state index contributed by atoms with van der Waals surface area (Å²) in [6.45, 7) is 2.15. The summed E-state index contributed by atoms with van der Waals surface area (Å²) in [5.74, 6) is 0. The molecule has 0 aliphatic carbocycles. The molecule has 1 aromatic carbocycles. The summed E-state index contributed by atoms with van der Waals surface area (Å²) in [4.78, 5) is 0. The summed E-state index contributed by atoms with van der Waals surface area (Å²) in [6.07, 6.45) is 1.80. The van der Waals surface area contributed by atoms with Crippen molar-refractivity contribution in [2.75, 3.05) is 13.2 Å². The zero-order chi connectivity index (χ0) is 12.3. The highest BCUT2D eigenvalue weighted by atomic mass is 16.3. The molecule has 2 rings (SSSR count). The molecule has 17 heavy (non-hydrogen) atoms. The molecule has 1 aromatic heterocycles. The van der Waals surface area contributed by atoms with Gasteiger partial charge in [0, 0.05) is 12.0 Å². The van der Waals surface area contributed by atoms with Gasteiger partial charge < -0.3 is 10.8 Å². The van der Waals surface area contributed by atoms with Crippen LogP contribution in [0.25, 0.3) is 5.69 Å². The van der Waals surface area contributed by atoms with Crippen molar-refractivity contribution in [1.82, 2.24) is 15.0 Å². The fourth-order valence-corrected chi connectivity index (χ4v) is 1.50. The van der Waals surface area contributed by atoms with Gasteiger partial charge in [-0.3, -0.25) is 0 Å². The maximum Gasteiger partial charge on any atom is 0.0926 e. The molecule has 0 saturated heterocycles. The van der Waals surface area contributed by atoms with E-state index in [0.29, 0.717) is 12.2 Å². The third kappa shape index (κ3) is 2.20. The maximum atomic E-state index is 9.36. The van der Waals surface area contributed by atoms with Crippen LogP contribution in [0.1, 0.15) is 12.6 Å². The van der Waals surface area contributed by atoms with Crippen LogP contribution in [-0.2, 0) is 5.41 Å². The Balaban J connectivity index is 2.34. The number of nitrogens with zero attached hydrogens (tertiary/aromatic N) is 3. The van der Waals surface area contributed by atoms with Crippen LogP contribution in [0, 0.1) is 0 Å². The van der Waals surface area contributed by atoms with Crippen molar-refractivity contribution in [1.29, 1.82) is 0 Å². The number of aromatic nitrogens is 3. The predicted molar refractivity (Wildman–Crippen MR) is 64.9 cm³/mol. The highest BCUT2D eigenvalue weighted by Gasteiger charge is 2.27. The number of hydrogen-bond donors (Lipinski definition) is 2. The molecule has 1 heterocycles. The van der Waals surface area contributed by atoms with Gasteiger partial charge in [0.2, 0.25) is 0 Å². The predicted octanol–water partition coefficient (Wildman–Crippen LogP) is 0.476. The van der Waals surface area contributed by atoms with Gasteiger partial charge in [-0.15, -0.1) is 5.10 Å². The Hall–Kier alpha value is -1.72. The quantitative estimate of drug-likeness (QED) is 0.803. The Labute approximate surface area is 99.9 Å². The molecule has 0 saturated carbocycles. The molecule has 1 atom stereocenters. The van der Waals surface area contributed by atoms with Gasteiger partial charge in [-0.2, -0.15) is 0 Å². The van der Waals surface area contributed by atoms with E-state index in [0.717, 1.165) is 5.69 Å². The third-order valence-corrected chi connectivity index (χ3v) is 2.93. The Morgan fingerprint density at radius 2 is 2.06 bits per heavy atom. The van der Waals surface area contributed by atoms with Crippen molar-refractivity contribution in [3.63, 3.8) is 0 Å². The normalized spacial score (nSPS) is 14.5. The van der Waals surface area contributed by atoms with Crippen LogP contribution in [0.15, 0.2) is 36.5 Å². The molecule has 5 heteroatoms.